The van der Waals surface area contributed by atoms with Gasteiger partial charge in [0.1, 0.15) is 5.75 Å². The molecule has 3 heteroatoms. The molecule has 100 valence electrons. The van der Waals surface area contributed by atoms with Crippen LogP contribution in [0.2, 0.25) is 0 Å². The number of ketones is 1. The summed E-state index contributed by atoms with van der Waals surface area (Å²) in [6.45, 7) is 8.92. The summed E-state index contributed by atoms with van der Waals surface area (Å²) in [5.74, 6) is 1.29. The molecule has 1 aromatic carbocycles. The van der Waals surface area contributed by atoms with E-state index in [2.05, 4.69) is 20.8 Å². The summed E-state index contributed by atoms with van der Waals surface area (Å²) in [7, 11) is 0. The van der Waals surface area contributed by atoms with Crippen LogP contribution in [0.1, 0.15) is 50.0 Å². The Kier molecular flexibility index (Phi) is 5.21. The van der Waals surface area contributed by atoms with Gasteiger partial charge in [0.25, 0.3) is 0 Å². The molecule has 0 unspecified atom stereocenters. The van der Waals surface area contributed by atoms with Gasteiger partial charge >= 0.3 is 0 Å². The quantitative estimate of drug-likeness (QED) is 0.591. The Labute approximate surface area is 114 Å². The molecule has 0 fully saturated rings. The van der Waals surface area contributed by atoms with Crippen molar-refractivity contribution in [1.29, 1.82) is 0 Å². The van der Waals surface area contributed by atoms with Crippen LogP contribution in [0.3, 0.4) is 0 Å². The van der Waals surface area contributed by atoms with Crippen molar-refractivity contribution in [3.8, 4) is 5.75 Å². The number of rotatable bonds is 5. The molecule has 0 heterocycles. The van der Waals surface area contributed by atoms with E-state index in [1.54, 1.807) is 0 Å². The van der Waals surface area contributed by atoms with E-state index < -0.39 is 0 Å². The predicted octanol–water partition coefficient (Wildman–Crippen LogP) is 4.19. The third kappa shape index (κ3) is 3.74. The van der Waals surface area contributed by atoms with Crippen LogP contribution < -0.4 is 4.74 Å². The van der Waals surface area contributed by atoms with Gasteiger partial charge in [-0.1, -0.05) is 20.8 Å². The van der Waals surface area contributed by atoms with Crippen LogP contribution in [0.5, 0.6) is 5.75 Å². The number of benzene rings is 1. The topological polar surface area (TPSA) is 26.3 Å². The lowest BCUT2D eigenvalue weighted by Gasteiger charge is -2.23. The number of halogens is 1. The van der Waals surface area contributed by atoms with Crippen LogP contribution >= 0.6 is 11.6 Å². The van der Waals surface area contributed by atoms with Crippen molar-refractivity contribution in [3.05, 3.63) is 29.3 Å². The number of ether oxygens (including phenoxy) is 1. The summed E-state index contributed by atoms with van der Waals surface area (Å²) >= 11 is 5.61. The Balaban J connectivity index is 3.17. The van der Waals surface area contributed by atoms with Crippen molar-refractivity contribution < 1.29 is 9.53 Å². The fraction of sp³-hybridized carbons (Fsp3) is 0.533. The van der Waals surface area contributed by atoms with Gasteiger partial charge in [-0.05, 0) is 30.5 Å². The maximum atomic E-state index is 11.9. The highest BCUT2D eigenvalue weighted by atomic mass is 35.5. The monoisotopic (exact) mass is 268 g/mol. The highest BCUT2D eigenvalue weighted by Gasteiger charge is 2.20. The van der Waals surface area contributed by atoms with Crippen molar-refractivity contribution >= 4 is 17.4 Å². The fourth-order valence-electron chi connectivity index (χ4n) is 1.80. The molecule has 2 nitrogen and oxygen atoms in total. The minimum atomic E-state index is -0.0538. The van der Waals surface area contributed by atoms with Crippen LogP contribution in [0.4, 0.5) is 0 Å². The molecular formula is C15H21ClO2. The van der Waals surface area contributed by atoms with Gasteiger partial charge in [0.05, 0.1) is 6.61 Å². The average molecular weight is 269 g/mol. The number of carbonyl (C=O) groups is 1. The first-order valence-electron chi connectivity index (χ1n) is 6.26. The summed E-state index contributed by atoms with van der Waals surface area (Å²) in [5, 5.41) is 0. The first-order valence-corrected chi connectivity index (χ1v) is 6.80. The number of hydrogen-bond acceptors (Lipinski definition) is 2. The highest BCUT2D eigenvalue weighted by molar-refractivity contribution is 6.19. The number of Topliss-reactive ketones (excluding diaryl/α,β-unsaturated/α-hetero) is 1. The second-order valence-electron chi connectivity index (χ2n) is 5.26. The van der Waals surface area contributed by atoms with E-state index in [4.69, 9.17) is 16.3 Å². The molecule has 1 rings (SSSR count). The van der Waals surface area contributed by atoms with Gasteiger partial charge in [-0.3, -0.25) is 4.79 Å². The van der Waals surface area contributed by atoms with Crippen LogP contribution in [0.25, 0.3) is 0 Å². The van der Waals surface area contributed by atoms with Gasteiger partial charge in [0.2, 0.25) is 0 Å². The Morgan fingerprint density at radius 3 is 2.50 bits per heavy atom. The summed E-state index contributed by atoms with van der Waals surface area (Å²) in [6, 6.07) is 5.63. The molecule has 0 aliphatic rings. The minimum Gasteiger partial charge on any atom is -0.494 e. The van der Waals surface area contributed by atoms with Crippen molar-refractivity contribution in [1.82, 2.24) is 0 Å². The van der Waals surface area contributed by atoms with Gasteiger partial charge in [0, 0.05) is 23.4 Å². The maximum absolute atomic E-state index is 11.9. The average Bonchev–Trinajstić information content (AvgIpc) is 2.28. The lowest BCUT2D eigenvalue weighted by Crippen LogP contribution is -2.15. The van der Waals surface area contributed by atoms with E-state index in [9.17, 15) is 4.79 Å². The van der Waals surface area contributed by atoms with Crippen molar-refractivity contribution in [3.63, 3.8) is 0 Å². The third-order valence-electron chi connectivity index (χ3n) is 2.73. The molecule has 0 amide bonds. The molecule has 0 N–H and O–H groups in total. The molecule has 0 spiro atoms. The van der Waals surface area contributed by atoms with E-state index >= 15 is 0 Å². The second kappa shape index (κ2) is 6.24. The molecule has 0 bridgehead atoms. The van der Waals surface area contributed by atoms with E-state index in [0.29, 0.717) is 24.5 Å². The van der Waals surface area contributed by atoms with Gasteiger partial charge in [-0.15, -0.1) is 11.6 Å². The standard InChI is InChI=1S/C15H21ClO2/c1-5-18-14-7-6-11(13(17)8-9-16)10-12(14)15(2,3)4/h6-7,10H,5,8-9H2,1-4H3. The zero-order chi connectivity index (χ0) is 13.8. The predicted molar refractivity (Wildman–Crippen MR) is 76.0 cm³/mol. The second-order valence-corrected chi connectivity index (χ2v) is 5.63. The lowest BCUT2D eigenvalue weighted by atomic mass is 9.85. The molecule has 0 radical (unpaired) electrons. The van der Waals surface area contributed by atoms with Gasteiger partial charge < -0.3 is 4.74 Å². The van der Waals surface area contributed by atoms with Crippen LogP contribution in [0, 0.1) is 0 Å². The molecule has 0 atom stereocenters. The molecule has 0 saturated carbocycles. The van der Waals surface area contributed by atoms with Crippen molar-refractivity contribution in [2.45, 2.75) is 39.5 Å². The van der Waals surface area contributed by atoms with E-state index in [1.165, 1.54) is 0 Å². The molecule has 1 aromatic rings. The Morgan fingerprint density at radius 2 is 2.00 bits per heavy atom. The van der Waals surface area contributed by atoms with Crippen LogP contribution in [-0.2, 0) is 5.41 Å². The van der Waals surface area contributed by atoms with Gasteiger partial charge in [-0.2, -0.15) is 0 Å². The van der Waals surface area contributed by atoms with Gasteiger partial charge in [0.15, 0.2) is 5.78 Å². The summed E-state index contributed by atoms with van der Waals surface area (Å²) in [5.41, 5.74) is 1.72. The summed E-state index contributed by atoms with van der Waals surface area (Å²) in [6.07, 6.45) is 0.374. The molecule has 18 heavy (non-hydrogen) atoms. The van der Waals surface area contributed by atoms with E-state index in [1.807, 2.05) is 25.1 Å². The largest absolute Gasteiger partial charge is 0.494 e. The van der Waals surface area contributed by atoms with Crippen LogP contribution in [0.15, 0.2) is 18.2 Å². The third-order valence-corrected chi connectivity index (χ3v) is 2.92. The highest BCUT2D eigenvalue weighted by Crippen LogP contribution is 2.32. The lowest BCUT2D eigenvalue weighted by molar-refractivity contribution is 0.0989. The van der Waals surface area contributed by atoms with E-state index in [-0.39, 0.29) is 11.2 Å². The first kappa shape index (κ1) is 15.0. The number of carbonyl (C=O) groups excluding carboxylic acids is 1. The number of alkyl halides is 1. The van der Waals surface area contributed by atoms with Crippen molar-refractivity contribution in [2.75, 3.05) is 12.5 Å². The number of hydrogen-bond donors (Lipinski definition) is 0. The molecule has 0 aliphatic carbocycles. The molecule has 0 aromatic heterocycles. The normalized spacial score (nSPS) is 11.4. The molecular weight excluding hydrogens is 248 g/mol. The SMILES string of the molecule is CCOc1ccc(C(=O)CCCl)cc1C(C)(C)C. The Bertz CT molecular complexity index is 419. The Hall–Kier alpha value is -1.02. The zero-order valence-electron chi connectivity index (χ0n) is 11.5. The first-order chi connectivity index (χ1) is 8.40. The summed E-state index contributed by atoms with van der Waals surface area (Å²) < 4.78 is 5.62. The Morgan fingerprint density at radius 1 is 1.33 bits per heavy atom. The minimum absolute atomic E-state index is 0.0538. The van der Waals surface area contributed by atoms with Crippen LogP contribution in [-0.4, -0.2) is 18.3 Å². The molecule has 0 aliphatic heterocycles. The zero-order valence-corrected chi connectivity index (χ0v) is 12.3. The smallest absolute Gasteiger partial charge is 0.164 e. The maximum Gasteiger partial charge on any atom is 0.164 e. The van der Waals surface area contributed by atoms with Gasteiger partial charge in [-0.25, -0.2) is 0 Å². The summed E-state index contributed by atoms with van der Waals surface area (Å²) in [4.78, 5) is 11.9. The van der Waals surface area contributed by atoms with E-state index in [0.717, 1.165) is 11.3 Å². The molecule has 0 saturated heterocycles. The fourth-order valence-corrected chi connectivity index (χ4v) is 1.97. The van der Waals surface area contributed by atoms with Crippen molar-refractivity contribution in [2.24, 2.45) is 0 Å².